The molecule has 0 bridgehead atoms. The van der Waals surface area contributed by atoms with Gasteiger partial charge in [-0.1, -0.05) is 38.0 Å². The van der Waals surface area contributed by atoms with Crippen molar-refractivity contribution in [1.29, 1.82) is 0 Å². The molecule has 0 radical (unpaired) electrons. The number of aromatic hydroxyl groups is 1. The van der Waals surface area contributed by atoms with Crippen LogP contribution in [0.3, 0.4) is 0 Å². The lowest BCUT2D eigenvalue weighted by Gasteiger charge is -2.25. The van der Waals surface area contributed by atoms with Crippen LogP contribution in [0.25, 0.3) is 5.76 Å². The Hall–Kier alpha value is -3.48. The molecular weight excluding hydrogens is 398 g/mol. The summed E-state index contributed by atoms with van der Waals surface area (Å²) in [7, 11) is 2.90. The first kappa shape index (κ1) is 22.2. The number of amides is 1. The lowest BCUT2D eigenvalue weighted by Crippen LogP contribution is -2.30. The molecule has 31 heavy (non-hydrogen) atoms. The molecule has 7 heteroatoms. The van der Waals surface area contributed by atoms with Crippen LogP contribution in [-0.2, 0) is 9.59 Å². The van der Waals surface area contributed by atoms with Crippen LogP contribution in [0.2, 0.25) is 0 Å². The van der Waals surface area contributed by atoms with Crippen molar-refractivity contribution in [3.05, 3.63) is 59.2 Å². The third-order valence-electron chi connectivity index (χ3n) is 5.42. The number of methoxy groups -OCH3 is 2. The van der Waals surface area contributed by atoms with Crippen LogP contribution >= 0.6 is 0 Å². The van der Waals surface area contributed by atoms with E-state index in [1.165, 1.54) is 25.2 Å². The van der Waals surface area contributed by atoms with Crippen molar-refractivity contribution in [1.82, 2.24) is 4.90 Å². The van der Waals surface area contributed by atoms with E-state index in [4.69, 9.17) is 9.47 Å². The second-order valence-corrected chi connectivity index (χ2v) is 7.33. The van der Waals surface area contributed by atoms with Crippen LogP contribution in [0.4, 0.5) is 0 Å². The summed E-state index contributed by atoms with van der Waals surface area (Å²) >= 11 is 0. The zero-order valence-electron chi connectivity index (χ0n) is 17.9. The molecule has 2 aromatic rings. The molecule has 1 saturated heterocycles. The van der Waals surface area contributed by atoms with Gasteiger partial charge in [-0.25, -0.2) is 0 Å². The van der Waals surface area contributed by atoms with Crippen molar-refractivity contribution in [3.8, 4) is 17.2 Å². The quantitative estimate of drug-likeness (QED) is 0.287. The average Bonchev–Trinajstić information content (AvgIpc) is 3.03. The summed E-state index contributed by atoms with van der Waals surface area (Å²) in [6.45, 7) is 2.41. The minimum absolute atomic E-state index is 0.0319. The number of nitrogens with zero attached hydrogens (tertiary/aromatic N) is 1. The number of aliphatic hydroxyl groups excluding tert-OH is 1. The Balaban J connectivity index is 2.18. The average molecular weight is 425 g/mol. The minimum atomic E-state index is -0.835. The first-order chi connectivity index (χ1) is 14.9. The number of carbonyl (C=O) groups excluding carboxylic acids is 2. The summed E-state index contributed by atoms with van der Waals surface area (Å²) in [5, 5.41) is 21.4. The number of rotatable bonds is 8. The summed E-state index contributed by atoms with van der Waals surface area (Å²) in [4.78, 5) is 27.4. The van der Waals surface area contributed by atoms with E-state index in [-0.39, 0.29) is 22.8 Å². The third kappa shape index (κ3) is 4.21. The maximum absolute atomic E-state index is 13.0. The first-order valence-corrected chi connectivity index (χ1v) is 10.2. The summed E-state index contributed by atoms with van der Waals surface area (Å²) < 4.78 is 10.4. The van der Waals surface area contributed by atoms with Gasteiger partial charge in [0.15, 0.2) is 11.5 Å². The molecule has 1 heterocycles. The Morgan fingerprint density at radius 3 is 2.39 bits per heavy atom. The Labute approximate surface area is 181 Å². The molecule has 2 N–H and O–H groups in total. The summed E-state index contributed by atoms with van der Waals surface area (Å²) in [6, 6.07) is 10.6. The van der Waals surface area contributed by atoms with Crippen LogP contribution in [-0.4, -0.2) is 47.6 Å². The fourth-order valence-electron chi connectivity index (χ4n) is 3.85. The van der Waals surface area contributed by atoms with Crippen LogP contribution in [0, 0.1) is 0 Å². The van der Waals surface area contributed by atoms with Gasteiger partial charge in [0.1, 0.15) is 11.5 Å². The highest BCUT2D eigenvalue weighted by molar-refractivity contribution is 6.46. The second-order valence-electron chi connectivity index (χ2n) is 7.33. The normalized spacial score (nSPS) is 17.8. The van der Waals surface area contributed by atoms with Crippen LogP contribution in [0.5, 0.6) is 17.2 Å². The molecule has 1 fully saturated rings. The number of aliphatic hydroxyl groups is 1. The molecule has 2 aromatic carbocycles. The number of para-hydroxylation sites is 1. The molecule has 1 amide bonds. The van der Waals surface area contributed by atoms with E-state index in [0.29, 0.717) is 23.4 Å². The van der Waals surface area contributed by atoms with Gasteiger partial charge in [-0.15, -0.1) is 0 Å². The summed E-state index contributed by atoms with van der Waals surface area (Å²) in [5.41, 5.74) is 0.792. The molecule has 0 aromatic heterocycles. The van der Waals surface area contributed by atoms with E-state index < -0.39 is 17.7 Å². The number of phenolic OH excluding ortho intramolecular Hbond substituents is 1. The van der Waals surface area contributed by atoms with Crippen LogP contribution < -0.4 is 9.47 Å². The highest BCUT2D eigenvalue weighted by Gasteiger charge is 2.46. The van der Waals surface area contributed by atoms with Gasteiger partial charge in [-0.05, 0) is 36.2 Å². The van der Waals surface area contributed by atoms with Gasteiger partial charge in [0.25, 0.3) is 11.7 Å². The number of ether oxygens (including phenoxy) is 2. The molecule has 1 aliphatic heterocycles. The molecule has 0 spiro atoms. The number of likely N-dealkylation sites (tertiary alicyclic amines) is 1. The van der Waals surface area contributed by atoms with Gasteiger partial charge in [0, 0.05) is 6.54 Å². The second kappa shape index (κ2) is 9.55. The Kier molecular flexibility index (Phi) is 6.84. The van der Waals surface area contributed by atoms with Gasteiger partial charge in [0.05, 0.1) is 31.4 Å². The molecule has 0 aliphatic carbocycles. The first-order valence-electron chi connectivity index (χ1n) is 10.2. The minimum Gasteiger partial charge on any atom is -0.507 e. The number of carbonyl (C=O) groups is 2. The Bertz CT molecular complexity index is 1010. The number of hydrogen-bond acceptors (Lipinski definition) is 6. The largest absolute Gasteiger partial charge is 0.507 e. The summed E-state index contributed by atoms with van der Waals surface area (Å²) in [5.74, 6) is -1.21. The lowest BCUT2D eigenvalue weighted by atomic mass is 9.94. The number of benzene rings is 2. The van der Waals surface area contributed by atoms with Crippen molar-refractivity contribution in [2.45, 2.75) is 32.2 Å². The van der Waals surface area contributed by atoms with Crippen molar-refractivity contribution in [3.63, 3.8) is 0 Å². The molecule has 7 nitrogen and oxygen atoms in total. The molecule has 3 rings (SSSR count). The lowest BCUT2D eigenvalue weighted by molar-refractivity contribution is -0.139. The van der Waals surface area contributed by atoms with E-state index in [0.717, 1.165) is 19.3 Å². The van der Waals surface area contributed by atoms with Gasteiger partial charge in [-0.3, -0.25) is 9.59 Å². The molecule has 164 valence electrons. The van der Waals surface area contributed by atoms with E-state index >= 15 is 0 Å². The van der Waals surface area contributed by atoms with Gasteiger partial charge < -0.3 is 24.6 Å². The van der Waals surface area contributed by atoms with Crippen molar-refractivity contribution >= 4 is 17.4 Å². The molecular formula is C24H27NO6. The van der Waals surface area contributed by atoms with E-state index in [2.05, 4.69) is 6.92 Å². The van der Waals surface area contributed by atoms with Crippen molar-refractivity contribution in [2.75, 3.05) is 20.8 Å². The Morgan fingerprint density at radius 2 is 1.74 bits per heavy atom. The maximum atomic E-state index is 13.0. The zero-order chi connectivity index (χ0) is 22.5. The van der Waals surface area contributed by atoms with Crippen LogP contribution in [0.15, 0.2) is 48.0 Å². The van der Waals surface area contributed by atoms with Gasteiger partial charge in [-0.2, -0.15) is 0 Å². The number of ketones is 1. The van der Waals surface area contributed by atoms with E-state index in [1.807, 2.05) is 0 Å². The SMILES string of the molecule is CCCCCN1C(=O)C(=O)/C(=C(\O)c2ccccc2OC)C1c1ccc(OC)c(O)c1. The fourth-order valence-corrected chi connectivity index (χ4v) is 3.85. The number of phenols is 1. The standard InChI is InChI=1S/C24H27NO6/c1-4-5-8-13-25-21(15-11-12-19(31-3)17(26)14-15)20(23(28)24(25)29)22(27)16-9-6-7-10-18(16)30-2/h6-7,9-12,14,21,26-27H,4-5,8,13H2,1-3H3/b22-20-. The van der Waals surface area contributed by atoms with Gasteiger partial charge >= 0.3 is 0 Å². The smallest absolute Gasteiger partial charge is 0.295 e. The number of Topliss-reactive ketones (excluding diaryl/α,β-unsaturated/α-hetero) is 1. The van der Waals surface area contributed by atoms with Gasteiger partial charge in [0.2, 0.25) is 0 Å². The molecule has 1 unspecified atom stereocenters. The third-order valence-corrected chi connectivity index (χ3v) is 5.42. The van der Waals surface area contributed by atoms with E-state index in [1.54, 1.807) is 36.4 Å². The maximum Gasteiger partial charge on any atom is 0.295 e. The van der Waals surface area contributed by atoms with E-state index in [9.17, 15) is 19.8 Å². The molecule has 0 saturated carbocycles. The topological polar surface area (TPSA) is 96.3 Å². The predicted octanol–water partition coefficient (Wildman–Crippen LogP) is 4.02. The molecule has 1 aliphatic rings. The van der Waals surface area contributed by atoms with Crippen LogP contribution in [0.1, 0.15) is 43.4 Å². The number of unbranched alkanes of at least 4 members (excludes halogenated alkanes) is 2. The monoisotopic (exact) mass is 425 g/mol. The Morgan fingerprint density at radius 1 is 1.03 bits per heavy atom. The van der Waals surface area contributed by atoms with Crippen molar-refractivity contribution < 1.29 is 29.3 Å². The highest BCUT2D eigenvalue weighted by Crippen LogP contribution is 2.42. The molecule has 1 atom stereocenters. The fraction of sp³-hybridized carbons (Fsp3) is 0.333. The zero-order valence-corrected chi connectivity index (χ0v) is 17.9. The summed E-state index contributed by atoms with van der Waals surface area (Å²) in [6.07, 6.45) is 2.58. The van der Waals surface area contributed by atoms with Crippen molar-refractivity contribution in [2.24, 2.45) is 0 Å². The highest BCUT2D eigenvalue weighted by atomic mass is 16.5. The predicted molar refractivity (Wildman–Crippen MR) is 116 cm³/mol. The number of hydrogen-bond donors (Lipinski definition) is 2.